The van der Waals surface area contributed by atoms with Crippen molar-refractivity contribution in [2.24, 2.45) is 11.8 Å². The molecule has 1 fully saturated rings. The normalized spacial score (nSPS) is 16.5. The summed E-state index contributed by atoms with van der Waals surface area (Å²) in [6.07, 6.45) is 6.86. The molecule has 2 N–H and O–H groups in total. The molecule has 480 valence electrons. The molecule has 1 spiro atoms. The van der Waals surface area contributed by atoms with Crippen molar-refractivity contribution in [2.75, 3.05) is 61.2 Å². The number of halogens is 2. The van der Waals surface area contributed by atoms with Crippen molar-refractivity contribution in [1.29, 1.82) is 0 Å². The van der Waals surface area contributed by atoms with Crippen LogP contribution in [0.4, 0.5) is 0 Å². The van der Waals surface area contributed by atoms with Crippen LogP contribution in [0.5, 0.6) is 23.0 Å². The van der Waals surface area contributed by atoms with Gasteiger partial charge in [0.25, 0.3) is 5.91 Å². The predicted octanol–water partition coefficient (Wildman–Crippen LogP) is 14.9. The largest absolute Gasteiger partial charge is 0.497 e. The third kappa shape index (κ3) is 16.2. The number of carbonyl (C=O) groups is 5. The molecule has 1 unspecified atom stereocenters. The second kappa shape index (κ2) is 31.8. The Hall–Kier alpha value is -8.99. The van der Waals surface area contributed by atoms with E-state index in [1.165, 1.54) is 60.3 Å². The molecule has 3 atom stereocenters. The Bertz CT molecular complexity index is 3880. The van der Waals surface area contributed by atoms with Gasteiger partial charge < -0.3 is 33.9 Å². The van der Waals surface area contributed by atoms with Gasteiger partial charge in [0.1, 0.15) is 27.8 Å². The van der Waals surface area contributed by atoms with Crippen LogP contribution < -0.4 is 18.9 Å². The first-order valence-corrected chi connectivity index (χ1v) is 31.3. The van der Waals surface area contributed by atoms with Gasteiger partial charge in [-0.15, -0.1) is 0 Å². The number of methoxy groups -OCH3 is 4. The maximum Gasteiger partial charge on any atom is 0.310 e. The zero-order valence-electron chi connectivity index (χ0n) is 53.4. The first-order valence-electron chi connectivity index (χ1n) is 30.5. The monoisotopic (exact) mass is 1280 g/mol. The average molecular weight is 1290 g/mol. The van der Waals surface area contributed by atoms with Crippen LogP contribution in [-0.4, -0.2) is 121 Å². The van der Waals surface area contributed by atoms with Gasteiger partial charge in [0.05, 0.1) is 52.3 Å². The highest BCUT2D eigenvalue weighted by Crippen LogP contribution is 2.54. The number of hydrogen-bond acceptors (Lipinski definition) is 12. The van der Waals surface area contributed by atoms with E-state index in [9.17, 15) is 29.1 Å². The van der Waals surface area contributed by atoms with E-state index >= 15 is 0 Å². The number of nitrogens with zero attached hydrogens (tertiary/aromatic N) is 3. The van der Waals surface area contributed by atoms with Crippen molar-refractivity contribution in [3.8, 4) is 23.0 Å². The lowest BCUT2D eigenvalue weighted by atomic mass is 9.75. The highest BCUT2D eigenvalue weighted by Gasteiger charge is 2.60. The summed E-state index contributed by atoms with van der Waals surface area (Å²) in [5.74, 6) is -1.03. The third-order valence-electron chi connectivity index (χ3n) is 16.6. The Morgan fingerprint density at radius 2 is 1.30 bits per heavy atom. The molecular formula is C75H79Cl2N3O12. The first kappa shape index (κ1) is 68.9. The van der Waals surface area contributed by atoms with Gasteiger partial charge in [-0.1, -0.05) is 171 Å². The molecule has 3 heterocycles. The zero-order valence-corrected chi connectivity index (χ0v) is 54.9. The van der Waals surface area contributed by atoms with Crippen molar-refractivity contribution in [2.45, 2.75) is 71.4 Å². The van der Waals surface area contributed by atoms with Crippen molar-refractivity contribution in [1.82, 2.24) is 14.4 Å². The summed E-state index contributed by atoms with van der Waals surface area (Å²) in [5.41, 5.74) is 7.31. The average Bonchev–Trinajstić information content (AvgIpc) is 1.56. The lowest BCUT2D eigenvalue weighted by Crippen LogP contribution is -2.51. The van der Waals surface area contributed by atoms with Crippen LogP contribution >= 0.6 is 23.2 Å². The van der Waals surface area contributed by atoms with Crippen molar-refractivity contribution in [3.05, 3.63) is 242 Å². The number of fused-ring (bicyclic) bond motifs is 2. The fourth-order valence-corrected chi connectivity index (χ4v) is 12.2. The number of ketones is 2. The minimum Gasteiger partial charge on any atom is -0.497 e. The number of Topliss-reactive ketones (excluding diaryl/α,β-unsaturated/α-hetero) is 1. The topological polar surface area (TPSA) is 183 Å². The summed E-state index contributed by atoms with van der Waals surface area (Å²) in [6.45, 7) is 15.0. The summed E-state index contributed by atoms with van der Waals surface area (Å²) in [5, 5.41) is 19.5. The second-order valence-electron chi connectivity index (χ2n) is 23.2. The molecule has 0 bridgehead atoms. The molecule has 8 aromatic rings. The molecule has 11 rings (SSSR count). The highest BCUT2D eigenvalue weighted by atomic mass is 35.5. The number of benzene rings is 7. The molecule has 7 aromatic carbocycles. The number of rotatable bonds is 17. The maximum atomic E-state index is 13.3. The minimum atomic E-state index is -1.42. The SMILES string of the molecule is C(=C\c1ccccc1)/CN1CCN(C(c2ccccc2)c2ccccc2)CC1.CC(C)Cc1ccc(C(C)C(=O)O)cc1.COC1=CC(=O)C[C@@H](C)[C@]12Oc1c(Cl)c(OC)cc(OC)c1C2=O.COc1ccc2c(c1)c(CC(=O)O)c(C)n2C(=O)c1ccc(Cl)cc1. The van der Waals surface area contributed by atoms with E-state index in [2.05, 4.69) is 127 Å². The summed E-state index contributed by atoms with van der Waals surface area (Å²) in [4.78, 5) is 65.3. The van der Waals surface area contributed by atoms with Gasteiger partial charge in [0.2, 0.25) is 11.4 Å². The Morgan fingerprint density at radius 1 is 0.707 bits per heavy atom. The van der Waals surface area contributed by atoms with Crippen LogP contribution in [0.2, 0.25) is 10.0 Å². The number of ether oxygens (including phenoxy) is 5. The first-order chi connectivity index (χ1) is 44.2. The smallest absolute Gasteiger partial charge is 0.310 e. The van der Waals surface area contributed by atoms with E-state index in [0.717, 1.165) is 44.7 Å². The molecule has 15 nitrogen and oxygen atoms in total. The molecular weight excluding hydrogens is 1210 g/mol. The van der Waals surface area contributed by atoms with Gasteiger partial charge in [-0.3, -0.25) is 38.3 Å². The van der Waals surface area contributed by atoms with E-state index in [1.807, 2.05) is 24.3 Å². The molecule has 1 aliphatic carbocycles. The summed E-state index contributed by atoms with van der Waals surface area (Å²) >= 11 is 12.2. The van der Waals surface area contributed by atoms with Crippen LogP contribution in [0, 0.1) is 18.8 Å². The molecule has 92 heavy (non-hydrogen) atoms. The van der Waals surface area contributed by atoms with Gasteiger partial charge >= 0.3 is 11.9 Å². The van der Waals surface area contributed by atoms with E-state index < -0.39 is 29.4 Å². The highest BCUT2D eigenvalue weighted by molar-refractivity contribution is 6.35. The van der Waals surface area contributed by atoms with Crippen molar-refractivity contribution < 1.29 is 57.9 Å². The Morgan fingerprint density at radius 3 is 1.85 bits per heavy atom. The lowest BCUT2D eigenvalue weighted by Gasteiger charge is -2.39. The van der Waals surface area contributed by atoms with E-state index in [4.69, 9.17) is 52.0 Å². The summed E-state index contributed by atoms with van der Waals surface area (Å²) < 4.78 is 28.7. The van der Waals surface area contributed by atoms with Crippen LogP contribution in [0.25, 0.3) is 17.0 Å². The molecule has 3 aliphatic rings. The number of carboxylic acid groups (broad SMARTS) is 2. The molecule has 0 amide bonds. The summed E-state index contributed by atoms with van der Waals surface area (Å²) in [7, 11) is 5.85. The fraction of sp³-hybridized carbons (Fsp3) is 0.293. The van der Waals surface area contributed by atoms with Gasteiger partial charge in [0, 0.05) is 78.9 Å². The maximum absolute atomic E-state index is 13.3. The molecule has 1 aromatic heterocycles. The number of carbonyl (C=O) groups excluding carboxylic acids is 3. The van der Waals surface area contributed by atoms with Crippen LogP contribution in [0.3, 0.4) is 0 Å². The molecule has 2 aliphatic heterocycles. The number of piperazine rings is 1. The van der Waals surface area contributed by atoms with Crippen LogP contribution in [-0.2, 0) is 32.0 Å². The van der Waals surface area contributed by atoms with Gasteiger partial charge in [-0.25, -0.2) is 0 Å². The van der Waals surface area contributed by atoms with Crippen molar-refractivity contribution >= 4 is 69.6 Å². The third-order valence-corrected chi connectivity index (χ3v) is 17.2. The number of aromatic nitrogens is 1. The lowest BCUT2D eigenvalue weighted by molar-refractivity contribution is -0.138. The van der Waals surface area contributed by atoms with Gasteiger partial charge in [0.15, 0.2) is 17.3 Å². The van der Waals surface area contributed by atoms with Crippen LogP contribution in [0.15, 0.2) is 182 Å². The molecule has 17 heteroatoms. The number of hydrogen-bond donors (Lipinski definition) is 2. The Labute approximate surface area is 548 Å². The molecule has 0 radical (unpaired) electrons. The number of aliphatic carboxylic acids is 2. The minimum absolute atomic E-state index is 0.118. The van der Waals surface area contributed by atoms with Crippen molar-refractivity contribution in [3.63, 3.8) is 0 Å². The standard InChI is InChI=1S/C26H28N2.C19H16ClNO4.C17H17ClO6.C13H18O2/c1-4-11-23(12-5-1)13-10-18-27-19-21-28(22-20-27)26(24-14-6-2-7-15-24)25-16-8-3-9-17-25;1-11-15(10-18(22)23)16-9-14(25-2)7-8-17(16)21(11)19(24)12-3-5-13(20)6-4-12;1-8-5-9(19)6-12(23-4)17(8)16(20)13-10(21-2)7-11(22-3)14(18)15(13)24-17;1-9(2)8-11-4-6-12(7-5-11)10(3)13(14)15/h1-17,26H,18-22H2;3-9H,10H2,1-2H3,(H,22,23);6-8H,5H2,1-4H3;4-7,9-10H,8H2,1-3H3,(H,14,15)/b13-10+;;;/t;;8-,17+;/m..1./s1. The van der Waals surface area contributed by atoms with E-state index in [0.29, 0.717) is 62.0 Å². The number of carboxylic acids is 2. The van der Waals surface area contributed by atoms with Gasteiger partial charge in [-0.2, -0.15) is 0 Å². The number of allylic oxidation sites excluding steroid dienone is 1. The summed E-state index contributed by atoms with van der Waals surface area (Å²) in [6, 6.07) is 54.0. The van der Waals surface area contributed by atoms with E-state index in [1.54, 1.807) is 70.3 Å². The molecule has 1 saturated heterocycles. The second-order valence-corrected chi connectivity index (χ2v) is 24.0. The fourth-order valence-electron chi connectivity index (χ4n) is 11.8. The van der Waals surface area contributed by atoms with Crippen LogP contribution in [0.1, 0.15) is 106 Å². The van der Waals surface area contributed by atoms with E-state index in [-0.39, 0.29) is 52.4 Å². The Balaban J connectivity index is 0.000000161. The van der Waals surface area contributed by atoms with Gasteiger partial charge in [-0.05, 0) is 102 Å². The Kier molecular flexibility index (Phi) is 23.8. The molecule has 0 saturated carbocycles. The predicted molar refractivity (Wildman–Crippen MR) is 361 cm³/mol. The zero-order chi connectivity index (χ0) is 66.2. The quantitative estimate of drug-likeness (QED) is 0.0878.